The molecule has 0 unspecified atom stereocenters. The summed E-state index contributed by atoms with van der Waals surface area (Å²) in [5, 5.41) is 28.8. The third-order valence-electron chi connectivity index (χ3n) is 2.99. The Morgan fingerprint density at radius 3 is 2.50 bits per heavy atom. The van der Waals surface area contributed by atoms with Crippen molar-refractivity contribution >= 4 is 17.0 Å². The largest absolute Gasteiger partial charge is 0.504 e. The Hall–Kier alpha value is -3.02. The number of aromatic hydroxyl groups is 2. The number of hydrogen-bond acceptors (Lipinski definition) is 4. The van der Waals surface area contributed by atoms with Gasteiger partial charge in [-0.05, 0) is 5.56 Å². The third-order valence-corrected chi connectivity index (χ3v) is 2.99. The van der Waals surface area contributed by atoms with E-state index in [1.165, 1.54) is 6.07 Å². The molecule has 0 spiro atoms. The summed E-state index contributed by atoms with van der Waals surface area (Å²) in [6.07, 6.45) is 0. The molecule has 0 fully saturated rings. The molecule has 4 N–H and O–H groups in total. The van der Waals surface area contributed by atoms with Gasteiger partial charge in [-0.1, -0.05) is 30.3 Å². The van der Waals surface area contributed by atoms with Crippen LogP contribution >= 0.6 is 0 Å². The van der Waals surface area contributed by atoms with Crippen molar-refractivity contribution in [2.45, 2.75) is 0 Å². The van der Waals surface area contributed by atoms with Crippen LogP contribution in [0.15, 0.2) is 36.4 Å². The van der Waals surface area contributed by atoms with Crippen molar-refractivity contribution < 1.29 is 20.1 Å². The summed E-state index contributed by atoms with van der Waals surface area (Å²) in [6.45, 7) is 0. The van der Waals surface area contributed by atoms with Crippen molar-refractivity contribution in [1.82, 2.24) is 9.97 Å². The number of fused-ring (bicyclic) bond motifs is 1. The number of hydrogen-bond donors (Lipinski definition) is 4. The molecule has 0 aliphatic carbocycles. The minimum absolute atomic E-state index is 0.248. The van der Waals surface area contributed by atoms with Crippen molar-refractivity contribution in [3.8, 4) is 22.6 Å². The van der Waals surface area contributed by atoms with E-state index in [0.29, 0.717) is 22.2 Å². The molecule has 0 aliphatic heterocycles. The van der Waals surface area contributed by atoms with Gasteiger partial charge in [-0.2, -0.15) is 0 Å². The molecule has 0 saturated heterocycles. The van der Waals surface area contributed by atoms with Gasteiger partial charge in [-0.3, -0.25) is 0 Å². The number of aromatic nitrogens is 2. The topological polar surface area (TPSA) is 106 Å². The van der Waals surface area contributed by atoms with Gasteiger partial charge in [0.15, 0.2) is 11.5 Å². The fourth-order valence-corrected chi connectivity index (χ4v) is 2.11. The zero-order valence-corrected chi connectivity index (χ0v) is 10.2. The van der Waals surface area contributed by atoms with Crippen LogP contribution in [-0.2, 0) is 0 Å². The maximum absolute atomic E-state index is 11.0. The van der Waals surface area contributed by atoms with E-state index in [-0.39, 0.29) is 17.3 Å². The van der Waals surface area contributed by atoms with Crippen LogP contribution in [0.3, 0.4) is 0 Å². The third kappa shape index (κ3) is 1.74. The highest BCUT2D eigenvalue weighted by Gasteiger charge is 2.19. The highest BCUT2D eigenvalue weighted by Crippen LogP contribution is 2.41. The molecule has 3 rings (SSSR count). The quantitative estimate of drug-likeness (QED) is 0.535. The first-order valence-electron chi connectivity index (χ1n) is 5.81. The number of nitrogens with zero attached hydrogens (tertiary/aromatic N) is 1. The van der Waals surface area contributed by atoms with Gasteiger partial charge < -0.3 is 20.3 Å². The van der Waals surface area contributed by atoms with Crippen molar-refractivity contribution in [2.24, 2.45) is 0 Å². The first-order chi connectivity index (χ1) is 9.58. The second-order valence-electron chi connectivity index (χ2n) is 4.27. The molecule has 0 saturated carbocycles. The predicted molar refractivity (Wildman–Crippen MR) is 71.8 cm³/mol. The lowest BCUT2D eigenvalue weighted by atomic mass is 10.0. The average Bonchev–Trinajstić information content (AvgIpc) is 2.84. The van der Waals surface area contributed by atoms with Crippen LogP contribution in [0.4, 0.5) is 0 Å². The molecule has 100 valence electrons. The molecule has 1 heterocycles. The Bertz CT molecular complexity index is 809. The minimum Gasteiger partial charge on any atom is -0.504 e. The lowest BCUT2D eigenvalue weighted by Gasteiger charge is -2.07. The Labute approximate surface area is 113 Å². The first-order valence-corrected chi connectivity index (χ1v) is 5.81. The summed E-state index contributed by atoms with van der Waals surface area (Å²) in [5.41, 5.74) is 1.57. The molecular formula is C14H10N2O4. The molecule has 0 atom stereocenters. The number of carboxylic acid groups (broad SMARTS) is 1. The monoisotopic (exact) mass is 270 g/mol. The molecule has 1 aromatic heterocycles. The summed E-state index contributed by atoms with van der Waals surface area (Å²) < 4.78 is 0. The molecule has 0 bridgehead atoms. The molecule has 0 aliphatic rings. The van der Waals surface area contributed by atoms with Gasteiger partial charge in [0.25, 0.3) is 0 Å². The van der Waals surface area contributed by atoms with E-state index in [4.69, 9.17) is 5.11 Å². The Morgan fingerprint density at radius 1 is 1.15 bits per heavy atom. The van der Waals surface area contributed by atoms with Crippen molar-refractivity contribution in [1.29, 1.82) is 0 Å². The zero-order chi connectivity index (χ0) is 14.3. The van der Waals surface area contributed by atoms with Gasteiger partial charge in [0.05, 0.1) is 11.1 Å². The highest BCUT2D eigenvalue weighted by atomic mass is 16.4. The standard InChI is InChI=1S/C14H10N2O4/c17-9-6-8-11(16-13(15-8)14(19)20)10(12(9)18)7-4-2-1-3-5-7/h1-6,17-18H,(H,15,16)(H,19,20). The van der Waals surface area contributed by atoms with Gasteiger partial charge in [0, 0.05) is 6.07 Å². The van der Waals surface area contributed by atoms with Crippen LogP contribution < -0.4 is 0 Å². The number of benzene rings is 2. The summed E-state index contributed by atoms with van der Waals surface area (Å²) >= 11 is 0. The Morgan fingerprint density at radius 2 is 1.85 bits per heavy atom. The van der Waals surface area contributed by atoms with E-state index in [2.05, 4.69) is 9.97 Å². The number of phenols is 2. The lowest BCUT2D eigenvalue weighted by Crippen LogP contribution is -1.97. The fraction of sp³-hybridized carbons (Fsp3) is 0. The summed E-state index contributed by atoms with van der Waals surface area (Å²) in [5.74, 6) is -2.12. The van der Waals surface area contributed by atoms with Crippen molar-refractivity contribution in [3.05, 3.63) is 42.2 Å². The number of phenolic OH excluding ortho intramolecular Hbond substituents is 2. The second kappa shape index (κ2) is 4.27. The second-order valence-corrected chi connectivity index (χ2v) is 4.27. The number of nitrogens with one attached hydrogen (secondary N) is 1. The Kier molecular flexibility index (Phi) is 2.57. The molecule has 0 amide bonds. The van der Waals surface area contributed by atoms with Crippen LogP contribution in [0.2, 0.25) is 0 Å². The van der Waals surface area contributed by atoms with Crippen molar-refractivity contribution in [3.63, 3.8) is 0 Å². The number of imidazole rings is 1. The number of carbonyl (C=O) groups is 1. The highest BCUT2D eigenvalue weighted by molar-refractivity contribution is 6.00. The zero-order valence-electron chi connectivity index (χ0n) is 10.2. The molecule has 20 heavy (non-hydrogen) atoms. The number of aromatic amines is 1. The van der Waals surface area contributed by atoms with Crippen LogP contribution in [0.25, 0.3) is 22.2 Å². The van der Waals surface area contributed by atoms with E-state index in [1.807, 2.05) is 6.07 Å². The lowest BCUT2D eigenvalue weighted by molar-refractivity contribution is 0.0685. The number of aromatic carboxylic acids is 1. The van der Waals surface area contributed by atoms with E-state index in [1.54, 1.807) is 24.3 Å². The number of H-pyrrole nitrogens is 1. The van der Waals surface area contributed by atoms with Crippen molar-refractivity contribution in [2.75, 3.05) is 0 Å². The average molecular weight is 270 g/mol. The van der Waals surface area contributed by atoms with Crippen LogP contribution in [0.1, 0.15) is 10.6 Å². The fourth-order valence-electron chi connectivity index (χ4n) is 2.11. The SMILES string of the molecule is O=C(O)c1nc2c(-c3ccccc3)c(O)c(O)cc2[nH]1. The number of rotatable bonds is 2. The normalized spacial score (nSPS) is 10.8. The summed E-state index contributed by atoms with van der Waals surface area (Å²) in [4.78, 5) is 17.5. The molecule has 6 nitrogen and oxygen atoms in total. The number of carboxylic acids is 1. The summed E-state index contributed by atoms with van der Waals surface area (Å²) in [7, 11) is 0. The van der Waals surface area contributed by atoms with E-state index in [0.717, 1.165) is 0 Å². The van der Waals surface area contributed by atoms with Gasteiger partial charge in [-0.25, -0.2) is 9.78 Å². The van der Waals surface area contributed by atoms with E-state index in [9.17, 15) is 15.0 Å². The van der Waals surface area contributed by atoms with Gasteiger partial charge in [0.2, 0.25) is 5.82 Å². The van der Waals surface area contributed by atoms with E-state index >= 15 is 0 Å². The molecule has 0 radical (unpaired) electrons. The van der Waals surface area contributed by atoms with Crippen LogP contribution in [0.5, 0.6) is 11.5 Å². The van der Waals surface area contributed by atoms with E-state index < -0.39 is 5.97 Å². The maximum atomic E-state index is 11.0. The maximum Gasteiger partial charge on any atom is 0.371 e. The molecule has 3 aromatic rings. The van der Waals surface area contributed by atoms with Gasteiger partial charge >= 0.3 is 5.97 Å². The molecule has 2 aromatic carbocycles. The van der Waals surface area contributed by atoms with Crippen LogP contribution in [-0.4, -0.2) is 31.3 Å². The smallest absolute Gasteiger partial charge is 0.371 e. The van der Waals surface area contributed by atoms with Gasteiger partial charge in [-0.15, -0.1) is 0 Å². The van der Waals surface area contributed by atoms with Gasteiger partial charge in [0.1, 0.15) is 5.52 Å². The minimum atomic E-state index is -1.21. The molecular weight excluding hydrogens is 260 g/mol. The van der Waals surface area contributed by atoms with Crippen LogP contribution in [0, 0.1) is 0 Å². The summed E-state index contributed by atoms with van der Waals surface area (Å²) in [6, 6.07) is 10.1. The Balaban J connectivity index is 2.39. The first kappa shape index (κ1) is 12.0. The molecule has 6 heteroatoms. The predicted octanol–water partition coefficient (Wildman–Crippen LogP) is 2.34.